The fourth-order valence-corrected chi connectivity index (χ4v) is 3.45. The first-order valence-corrected chi connectivity index (χ1v) is 7.36. The van der Waals surface area contributed by atoms with Gasteiger partial charge < -0.3 is 14.4 Å². The molecule has 21 heavy (non-hydrogen) atoms. The Labute approximate surface area is 129 Å². The molecule has 0 spiro atoms. The van der Waals surface area contributed by atoms with Crippen molar-refractivity contribution in [2.75, 3.05) is 33.9 Å². The molecule has 1 aromatic rings. The fraction of sp³-hybridized carbons (Fsp3) is 0.438. The summed E-state index contributed by atoms with van der Waals surface area (Å²) in [6.07, 6.45) is 1.78. The summed E-state index contributed by atoms with van der Waals surface area (Å²) in [7, 11) is 3.19. The van der Waals surface area contributed by atoms with Gasteiger partial charge in [0.15, 0.2) is 0 Å². The van der Waals surface area contributed by atoms with Crippen molar-refractivity contribution in [3.05, 3.63) is 33.9 Å². The molecule has 1 heterocycles. The Bertz CT molecular complexity index is 624. The molecule has 1 aromatic carbocycles. The van der Waals surface area contributed by atoms with Crippen LogP contribution in [-0.2, 0) is 16.0 Å². The Morgan fingerprint density at radius 2 is 2.19 bits per heavy atom. The number of methoxy groups -OCH3 is 2. The molecule has 1 aliphatic carbocycles. The van der Waals surface area contributed by atoms with Gasteiger partial charge in [0, 0.05) is 25.8 Å². The summed E-state index contributed by atoms with van der Waals surface area (Å²) >= 11 is 6.20. The second-order valence-electron chi connectivity index (χ2n) is 5.36. The summed E-state index contributed by atoms with van der Waals surface area (Å²) < 4.78 is 10.4. The number of benzene rings is 1. The van der Waals surface area contributed by atoms with E-state index in [2.05, 4.69) is 0 Å². The number of carbonyl (C=O) groups excluding carboxylic acids is 1. The molecule has 0 unspecified atom stereocenters. The van der Waals surface area contributed by atoms with Crippen LogP contribution in [0.3, 0.4) is 0 Å². The normalized spacial score (nSPS) is 16.8. The molecule has 0 saturated carbocycles. The summed E-state index contributed by atoms with van der Waals surface area (Å²) in [4.78, 5) is 13.9. The Morgan fingerprint density at radius 1 is 1.38 bits per heavy atom. The largest absolute Gasteiger partial charge is 0.495 e. The van der Waals surface area contributed by atoms with Crippen LogP contribution in [0.4, 0.5) is 0 Å². The monoisotopic (exact) mass is 307 g/mol. The molecule has 5 heteroatoms. The lowest BCUT2D eigenvalue weighted by atomic mass is 10.00. The highest BCUT2D eigenvalue weighted by atomic mass is 35.5. The molecule has 2 aliphatic rings. The Kier molecular flexibility index (Phi) is 3.91. The predicted octanol–water partition coefficient (Wildman–Crippen LogP) is 2.54. The van der Waals surface area contributed by atoms with Gasteiger partial charge in [0.25, 0.3) is 0 Å². The van der Waals surface area contributed by atoms with Crippen molar-refractivity contribution in [2.24, 2.45) is 0 Å². The molecule has 4 nitrogen and oxygen atoms in total. The van der Waals surface area contributed by atoms with Crippen LogP contribution in [0.1, 0.15) is 17.5 Å². The number of ether oxygens (including phenoxy) is 2. The molecule has 0 aromatic heterocycles. The van der Waals surface area contributed by atoms with Gasteiger partial charge in [0.05, 0.1) is 12.1 Å². The Balaban J connectivity index is 1.90. The summed E-state index contributed by atoms with van der Waals surface area (Å²) in [5, 5.41) is 0.642. The zero-order valence-corrected chi connectivity index (χ0v) is 13.0. The third-order valence-electron chi connectivity index (χ3n) is 4.21. The maximum atomic E-state index is 12.0. The second-order valence-corrected chi connectivity index (χ2v) is 5.77. The second kappa shape index (κ2) is 5.70. The molecular weight excluding hydrogens is 290 g/mol. The van der Waals surface area contributed by atoms with E-state index in [1.54, 1.807) is 14.2 Å². The molecule has 0 N–H and O–H groups in total. The number of carbonyl (C=O) groups is 1. The molecule has 1 aliphatic heterocycles. The minimum absolute atomic E-state index is 0.0402. The SMILES string of the molecule is COCC(=O)N1CCC2=C(C1)c1ccc(Cl)c(OC)c1C2. The lowest BCUT2D eigenvalue weighted by Crippen LogP contribution is -2.38. The average Bonchev–Trinajstić information content (AvgIpc) is 2.85. The van der Waals surface area contributed by atoms with E-state index in [0.717, 1.165) is 30.7 Å². The minimum atomic E-state index is 0.0402. The van der Waals surface area contributed by atoms with Crippen molar-refractivity contribution in [1.29, 1.82) is 0 Å². The summed E-state index contributed by atoms with van der Waals surface area (Å²) in [6, 6.07) is 3.90. The quantitative estimate of drug-likeness (QED) is 0.861. The van der Waals surface area contributed by atoms with Gasteiger partial charge >= 0.3 is 0 Å². The van der Waals surface area contributed by atoms with Crippen LogP contribution in [0.25, 0.3) is 5.57 Å². The summed E-state index contributed by atoms with van der Waals surface area (Å²) in [6.45, 7) is 1.54. The van der Waals surface area contributed by atoms with Crippen LogP contribution in [0.15, 0.2) is 17.7 Å². The van der Waals surface area contributed by atoms with Crippen LogP contribution >= 0.6 is 11.6 Å². The van der Waals surface area contributed by atoms with E-state index in [-0.39, 0.29) is 12.5 Å². The molecule has 0 radical (unpaired) electrons. The van der Waals surface area contributed by atoms with E-state index in [1.165, 1.54) is 16.7 Å². The van der Waals surface area contributed by atoms with Crippen molar-refractivity contribution < 1.29 is 14.3 Å². The zero-order chi connectivity index (χ0) is 15.0. The standard InChI is InChI=1S/C16H18ClNO3/c1-20-9-15(19)18-6-5-10-7-12-11(13(10)8-18)3-4-14(17)16(12)21-2/h3-4H,5-9H2,1-2H3. The number of amides is 1. The predicted molar refractivity (Wildman–Crippen MR) is 81.7 cm³/mol. The van der Waals surface area contributed by atoms with Crippen molar-refractivity contribution in [2.45, 2.75) is 12.8 Å². The summed E-state index contributed by atoms with van der Waals surface area (Å²) in [5.74, 6) is 0.803. The first-order chi connectivity index (χ1) is 10.2. The van der Waals surface area contributed by atoms with Crippen LogP contribution in [-0.4, -0.2) is 44.7 Å². The van der Waals surface area contributed by atoms with Gasteiger partial charge in [0.2, 0.25) is 5.91 Å². The van der Waals surface area contributed by atoms with E-state index < -0.39 is 0 Å². The van der Waals surface area contributed by atoms with Gasteiger partial charge in [0.1, 0.15) is 12.4 Å². The smallest absolute Gasteiger partial charge is 0.248 e. The van der Waals surface area contributed by atoms with Crippen LogP contribution in [0.2, 0.25) is 5.02 Å². The van der Waals surface area contributed by atoms with E-state index in [9.17, 15) is 4.79 Å². The number of halogens is 1. The highest BCUT2D eigenvalue weighted by molar-refractivity contribution is 6.32. The molecule has 1 amide bonds. The third kappa shape index (κ3) is 2.43. The molecule has 0 bridgehead atoms. The molecule has 0 fully saturated rings. The van der Waals surface area contributed by atoms with Gasteiger partial charge in [-0.25, -0.2) is 0 Å². The van der Waals surface area contributed by atoms with E-state index in [4.69, 9.17) is 21.1 Å². The third-order valence-corrected chi connectivity index (χ3v) is 4.51. The molecule has 0 saturated heterocycles. The molecule has 112 valence electrons. The van der Waals surface area contributed by atoms with E-state index in [0.29, 0.717) is 11.6 Å². The number of rotatable bonds is 3. The van der Waals surface area contributed by atoms with Crippen molar-refractivity contribution in [3.8, 4) is 5.75 Å². The Morgan fingerprint density at radius 3 is 2.90 bits per heavy atom. The number of hydrogen-bond donors (Lipinski definition) is 0. The highest BCUT2D eigenvalue weighted by Gasteiger charge is 2.31. The van der Waals surface area contributed by atoms with Gasteiger partial charge in [-0.3, -0.25) is 4.79 Å². The Hall–Kier alpha value is -1.52. The van der Waals surface area contributed by atoms with Gasteiger partial charge in [-0.15, -0.1) is 0 Å². The van der Waals surface area contributed by atoms with Crippen LogP contribution in [0, 0.1) is 0 Å². The molecular formula is C16H18ClNO3. The van der Waals surface area contributed by atoms with Crippen LogP contribution in [0.5, 0.6) is 5.75 Å². The molecule has 0 atom stereocenters. The van der Waals surface area contributed by atoms with Crippen molar-refractivity contribution >= 4 is 23.1 Å². The highest BCUT2D eigenvalue weighted by Crippen LogP contribution is 2.44. The molecule has 3 rings (SSSR count). The topological polar surface area (TPSA) is 38.8 Å². The first-order valence-electron chi connectivity index (χ1n) is 6.99. The lowest BCUT2D eigenvalue weighted by molar-refractivity contribution is -0.134. The lowest BCUT2D eigenvalue weighted by Gasteiger charge is -2.28. The van der Waals surface area contributed by atoms with Gasteiger partial charge in [-0.05, 0) is 30.0 Å². The maximum absolute atomic E-state index is 12.0. The van der Waals surface area contributed by atoms with E-state index >= 15 is 0 Å². The minimum Gasteiger partial charge on any atom is -0.495 e. The fourth-order valence-electron chi connectivity index (χ4n) is 3.19. The maximum Gasteiger partial charge on any atom is 0.248 e. The number of hydrogen-bond acceptors (Lipinski definition) is 3. The number of nitrogens with zero attached hydrogens (tertiary/aromatic N) is 1. The van der Waals surface area contributed by atoms with Crippen molar-refractivity contribution in [1.82, 2.24) is 4.90 Å². The van der Waals surface area contributed by atoms with Gasteiger partial charge in [-0.2, -0.15) is 0 Å². The summed E-state index contributed by atoms with van der Waals surface area (Å²) in [5.41, 5.74) is 4.96. The van der Waals surface area contributed by atoms with Crippen LogP contribution < -0.4 is 4.74 Å². The van der Waals surface area contributed by atoms with E-state index in [1.807, 2.05) is 17.0 Å². The first kappa shape index (κ1) is 14.4. The van der Waals surface area contributed by atoms with Gasteiger partial charge in [-0.1, -0.05) is 23.2 Å². The zero-order valence-electron chi connectivity index (χ0n) is 12.2. The van der Waals surface area contributed by atoms with Crippen molar-refractivity contribution in [3.63, 3.8) is 0 Å². The number of fused-ring (bicyclic) bond motifs is 2. The average molecular weight is 308 g/mol.